The summed E-state index contributed by atoms with van der Waals surface area (Å²) in [7, 11) is 0. The highest BCUT2D eigenvalue weighted by Gasteiger charge is 2.04. The third kappa shape index (κ3) is 2.75. The van der Waals surface area contributed by atoms with Crippen LogP contribution in [0.2, 0.25) is 0 Å². The summed E-state index contributed by atoms with van der Waals surface area (Å²) in [4.78, 5) is 12.2. The molecule has 0 saturated heterocycles. The highest BCUT2D eigenvalue weighted by atomic mass is 32.1. The summed E-state index contributed by atoms with van der Waals surface area (Å²) < 4.78 is 0. The van der Waals surface area contributed by atoms with Crippen molar-refractivity contribution in [2.24, 2.45) is 0 Å². The van der Waals surface area contributed by atoms with Crippen LogP contribution in [0.1, 0.15) is 23.0 Å². The van der Waals surface area contributed by atoms with Crippen molar-refractivity contribution in [3.05, 3.63) is 22.4 Å². The molecule has 1 aromatic heterocycles. The summed E-state index contributed by atoms with van der Waals surface area (Å²) in [5, 5.41) is 5.06. The van der Waals surface area contributed by atoms with E-state index in [2.05, 4.69) is 5.32 Å². The number of rotatable bonds is 5. The predicted molar refractivity (Wildman–Crippen MR) is 51.8 cm³/mol. The molecule has 1 heterocycles. The summed E-state index contributed by atoms with van der Waals surface area (Å²) in [6, 6.07) is 3.78. The van der Waals surface area contributed by atoms with E-state index in [0.29, 0.717) is 6.42 Å². The standard InChI is InChI=1S/C9H13NOS/c1-2-10-6-5-8(11)9-4-3-7-12-9/h3-4,7,10H,2,5-6H2,1H3. The lowest BCUT2D eigenvalue weighted by molar-refractivity contribution is 0.0986. The van der Waals surface area contributed by atoms with Crippen molar-refractivity contribution in [3.8, 4) is 0 Å². The van der Waals surface area contributed by atoms with Crippen LogP contribution in [0, 0.1) is 0 Å². The molecule has 0 amide bonds. The van der Waals surface area contributed by atoms with Crippen LogP contribution in [0.4, 0.5) is 0 Å². The molecule has 0 atom stereocenters. The van der Waals surface area contributed by atoms with Crippen LogP contribution in [0.3, 0.4) is 0 Å². The monoisotopic (exact) mass is 183 g/mol. The van der Waals surface area contributed by atoms with Gasteiger partial charge >= 0.3 is 0 Å². The van der Waals surface area contributed by atoms with E-state index in [1.54, 1.807) is 0 Å². The first-order valence-corrected chi connectivity index (χ1v) is 5.00. The van der Waals surface area contributed by atoms with Gasteiger partial charge in [-0.1, -0.05) is 13.0 Å². The van der Waals surface area contributed by atoms with Gasteiger partial charge in [0.15, 0.2) is 5.78 Å². The van der Waals surface area contributed by atoms with Gasteiger partial charge in [-0.15, -0.1) is 11.3 Å². The SMILES string of the molecule is CCNCCC(=O)c1cccs1. The van der Waals surface area contributed by atoms with Crippen molar-refractivity contribution in [1.29, 1.82) is 0 Å². The first-order chi connectivity index (χ1) is 5.84. The molecule has 1 N–H and O–H groups in total. The Kier molecular flexibility index (Phi) is 3.97. The molecule has 1 rings (SSSR count). The smallest absolute Gasteiger partial charge is 0.174 e. The van der Waals surface area contributed by atoms with E-state index in [-0.39, 0.29) is 5.78 Å². The molecule has 0 fully saturated rings. The van der Waals surface area contributed by atoms with Gasteiger partial charge in [0.1, 0.15) is 0 Å². The van der Waals surface area contributed by atoms with Crippen LogP contribution in [0.5, 0.6) is 0 Å². The second kappa shape index (κ2) is 5.06. The van der Waals surface area contributed by atoms with Crippen LogP contribution < -0.4 is 5.32 Å². The van der Waals surface area contributed by atoms with Crippen LogP contribution in [0.25, 0.3) is 0 Å². The van der Waals surface area contributed by atoms with Crippen molar-refractivity contribution in [3.63, 3.8) is 0 Å². The molecule has 0 aliphatic rings. The number of ketones is 1. The van der Waals surface area contributed by atoms with Crippen LogP contribution in [-0.2, 0) is 0 Å². The molecule has 0 aliphatic carbocycles. The maximum atomic E-state index is 11.4. The zero-order chi connectivity index (χ0) is 8.81. The molecule has 0 aromatic carbocycles. The summed E-state index contributed by atoms with van der Waals surface area (Å²) in [5.74, 6) is 0.242. The van der Waals surface area contributed by atoms with Gasteiger partial charge in [-0.25, -0.2) is 0 Å². The molecule has 0 saturated carbocycles. The summed E-state index contributed by atoms with van der Waals surface area (Å²) in [5.41, 5.74) is 0. The quantitative estimate of drug-likeness (QED) is 0.558. The number of carbonyl (C=O) groups excluding carboxylic acids is 1. The third-order valence-electron chi connectivity index (χ3n) is 1.57. The van der Waals surface area contributed by atoms with Gasteiger partial charge in [0.05, 0.1) is 4.88 Å². The van der Waals surface area contributed by atoms with E-state index in [9.17, 15) is 4.79 Å². The van der Waals surface area contributed by atoms with E-state index in [0.717, 1.165) is 18.0 Å². The first-order valence-electron chi connectivity index (χ1n) is 4.12. The van der Waals surface area contributed by atoms with Crippen molar-refractivity contribution in [1.82, 2.24) is 5.32 Å². The number of Topliss-reactive ketones (excluding diaryl/α,β-unsaturated/α-hetero) is 1. The first kappa shape index (κ1) is 9.42. The summed E-state index contributed by atoms with van der Waals surface area (Å²) in [6.07, 6.45) is 0.606. The maximum Gasteiger partial charge on any atom is 0.174 e. The van der Waals surface area contributed by atoms with E-state index in [1.807, 2.05) is 24.4 Å². The lowest BCUT2D eigenvalue weighted by Crippen LogP contribution is -2.17. The number of hydrogen-bond donors (Lipinski definition) is 1. The minimum absolute atomic E-state index is 0.242. The predicted octanol–water partition coefficient (Wildman–Crippen LogP) is 1.93. The average Bonchev–Trinajstić information content (AvgIpc) is 2.56. The van der Waals surface area contributed by atoms with Crippen molar-refractivity contribution in [2.75, 3.05) is 13.1 Å². The maximum absolute atomic E-state index is 11.4. The fourth-order valence-electron chi connectivity index (χ4n) is 0.939. The number of carbonyl (C=O) groups is 1. The van der Waals surface area contributed by atoms with Gasteiger partial charge in [0.25, 0.3) is 0 Å². The molecular formula is C9H13NOS. The fraction of sp³-hybridized carbons (Fsp3) is 0.444. The molecule has 2 nitrogen and oxygen atoms in total. The van der Waals surface area contributed by atoms with Gasteiger partial charge in [0, 0.05) is 13.0 Å². The molecular weight excluding hydrogens is 170 g/mol. The minimum Gasteiger partial charge on any atom is -0.317 e. The molecule has 0 unspecified atom stereocenters. The zero-order valence-electron chi connectivity index (χ0n) is 7.17. The van der Waals surface area contributed by atoms with Crippen molar-refractivity contribution >= 4 is 17.1 Å². The Labute approximate surface area is 76.6 Å². The zero-order valence-corrected chi connectivity index (χ0v) is 7.99. The van der Waals surface area contributed by atoms with Crippen molar-refractivity contribution in [2.45, 2.75) is 13.3 Å². The Morgan fingerprint density at radius 1 is 1.67 bits per heavy atom. The Morgan fingerprint density at radius 3 is 3.08 bits per heavy atom. The van der Waals surface area contributed by atoms with Gasteiger partial charge in [-0.05, 0) is 18.0 Å². The van der Waals surface area contributed by atoms with E-state index in [1.165, 1.54) is 11.3 Å². The van der Waals surface area contributed by atoms with Gasteiger partial charge < -0.3 is 5.32 Å². The van der Waals surface area contributed by atoms with E-state index < -0.39 is 0 Å². The Morgan fingerprint density at radius 2 is 2.50 bits per heavy atom. The van der Waals surface area contributed by atoms with Crippen LogP contribution >= 0.6 is 11.3 Å². The van der Waals surface area contributed by atoms with Crippen LogP contribution in [0.15, 0.2) is 17.5 Å². The van der Waals surface area contributed by atoms with Gasteiger partial charge in [-0.3, -0.25) is 4.79 Å². The Bertz CT molecular complexity index is 231. The largest absolute Gasteiger partial charge is 0.317 e. The molecule has 12 heavy (non-hydrogen) atoms. The molecule has 0 aliphatic heterocycles. The molecule has 1 aromatic rings. The molecule has 0 bridgehead atoms. The molecule has 3 heteroatoms. The molecule has 0 radical (unpaired) electrons. The Balaban J connectivity index is 2.30. The van der Waals surface area contributed by atoms with Gasteiger partial charge in [-0.2, -0.15) is 0 Å². The molecule has 66 valence electrons. The fourth-order valence-corrected chi connectivity index (χ4v) is 1.63. The number of hydrogen-bond acceptors (Lipinski definition) is 3. The number of nitrogens with one attached hydrogen (secondary N) is 1. The highest BCUT2D eigenvalue weighted by molar-refractivity contribution is 7.12. The highest BCUT2D eigenvalue weighted by Crippen LogP contribution is 2.10. The summed E-state index contributed by atoms with van der Waals surface area (Å²) >= 11 is 1.51. The van der Waals surface area contributed by atoms with Crippen molar-refractivity contribution < 1.29 is 4.79 Å². The topological polar surface area (TPSA) is 29.1 Å². The lowest BCUT2D eigenvalue weighted by atomic mass is 10.2. The van der Waals surface area contributed by atoms with Crippen LogP contribution in [-0.4, -0.2) is 18.9 Å². The number of thiophene rings is 1. The average molecular weight is 183 g/mol. The van der Waals surface area contributed by atoms with Gasteiger partial charge in [0.2, 0.25) is 0 Å². The third-order valence-corrected chi connectivity index (χ3v) is 2.49. The second-order valence-electron chi connectivity index (χ2n) is 2.50. The lowest BCUT2D eigenvalue weighted by Gasteiger charge is -1.98. The van der Waals surface area contributed by atoms with E-state index >= 15 is 0 Å². The Hall–Kier alpha value is -0.670. The second-order valence-corrected chi connectivity index (χ2v) is 3.45. The minimum atomic E-state index is 0.242. The normalized spacial score (nSPS) is 10.1. The molecule has 0 spiro atoms. The van der Waals surface area contributed by atoms with E-state index in [4.69, 9.17) is 0 Å². The summed E-state index contributed by atoms with van der Waals surface area (Å²) in [6.45, 7) is 3.75.